The van der Waals surface area contributed by atoms with Gasteiger partial charge in [0, 0.05) is 36.3 Å². The van der Waals surface area contributed by atoms with E-state index in [9.17, 15) is 4.79 Å². The van der Waals surface area contributed by atoms with E-state index in [1.807, 2.05) is 35.0 Å². The predicted molar refractivity (Wildman–Crippen MR) is 151 cm³/mol. The average molecular weight is 531 g/mol. The third kappa shape index (κ3) is 6.04. The average Bonchev–Trinajstić information content (AvgIpc) is 3.61. The molecule has 206 valence electrons. The Morgan fingerprint density at radius 1 is 1.15 bits per heavy atom. The summed E-state index contributed by atoms with van der Waals surface area (Å²) in [6, 6.07) is 14.1. The summed E-state index contributed by atoms with van der Waals surface area (Å²) in [4.78, 5) is 18.8. The zero-order valence-corrected chi connectivity index (χ0v) is 23.3. The van der Waals surface area contributed by atoms with Gasteiger partial charge < -0.3 is 14.5 Å². The third-order valence-corrected chi connectivity index (χ3v) is 7.74. The van der Waals surface area contributed by atoms with Crippen LogP contribution in [0, 0.1) is 13.8 Å². The van der Waals surface area contributed by atoms with Crippen molar-refractivity contribution in [3.8, 4) is 5.75 Å². The normalized spacial score (nSPS) is 16.3. The van der Waals surface area contributed by atoms with E-state index >= 15 is 0 Å². The van der Waals surface area contributed by atoms with Gasteiger partial charge in [-0.25, -0.2) is 4.68 Å². The number of fused-ring (bicyclic) bond motifs is 1. The van der Waals surface area contributed by atoms with Gasteiger partial charge in [0.25, 0.3) is 5.56 Å². The molecule has 2 aromatic heterocycles. The standard InChI is InChI=1S/C30H38N6O3/c1-5-9-27(29-32-33-34-36(29)19-25-11-8-13-39-25)35(17-22-10-6-7-12-28(22)38-4)18-24-16-23-14-20(2)21(3)15-26(23)31-30(24)37/h6-7,10,12,14-16,25,27H,5,8-9,11,13,17-19H2,1-4H3,(H,31,37)/t25-,27+/m0/s1. The number of nitrogens with zero attached hydrogens (tertiary/aromatic N) is 5. The summed E-state index contributed by atoms with van der Waals surface area (Å²) >= 11 is 0. The van der Waals surface area contributed by atoms with Crippen molar-refractivity contribution < 1.29 is 9.47 Å². The molecular formula is C30H38N6O3. The molecule has 4 aromatic rings. The minimum Gasteiger partial charge on any atom is -0.496 e. The van der Waals surface area contributed by atoms with Crippen LogP contribution in [0.5, 0.6) is 5.75 Å². The van der Waals surface area contributed by atoms with Gasteiger partial charge in [-0.3, -0.25) is 9.69 Å². The van der Waals surface area contributed by atoms with Gasteiger partial charge in [0.2, 0.25) is 0 Å². The Bertz CT molecular complexity index is 1470. The Kier molecular flexibility index (Phi) is 8.38. The first kappa shape index (κ1) is 27.0. The van der Waals surface area contributed by atoms with E-state index in [0.717, 1.165) is 65.9 Å². The molecule has 0 amide bonds. The molecule has 0 aliphatic carbocycles. The monoisotopic (exact) mass is 530 g/mol. The molecule has 0 saturated carbocycles. The number of hydrogen-bond acceptors (Lipinski definition) is 7. The summed E-state index contributed by atoms with van der Waals surface area (Å²) in [7, 11) is 1.69. The summed E-state index contributed by atoms with van der Waals surface area (Å²) in [5.74, 6) is 1.61. The maximum atomic E-state index is 13.3. The predicted octanol–water partition coefficient (Wildman–Crippen LogP) is 4.86. The highest BCUT2D eigenvalue weighted by Gasteiger charge is 2.29. The van der Waals surface area contributed by atoms with Gasteiger partial charge in [0.1, 0.15) is 5.75 Å². The van der Waals surface area contributed by atoms with Gasteiger partial charge in [-0.05, 0) is 84.3 Å². The SMILES string of the molecule is CCC[C@H](c1nnnn1C[C@@H]1CCCO1)N(Cc1ccccc1OC)Cc1cc2cc(C)c(C)cc2[nH]c1=O. The van der Waals surface area contributed by atoms with E-state index in [4.69, 9.17) is 9.47 Å². The lowest BCUT2D eigenvalue weighted by Gasteiger charge is -2.31. The smallest absolute Gasteiger partial charge is 0.252 e. The Hall–Kier alpha value is -3.56. The second-order valence-corrected chi connectivity index (χ2v) is 10.5. The van der Waals surface area contributed by atoms with Crippen molar-refractivity contribution in [3.05, 3.63) is 80.9 Å². The van der Waals surface area contributed by atoms with E-state index < -0.39 is 0 Å². The highest BCUT2D eigenvalue weighted by molar-refractivity contribution is 5.80. The largest absolute Gasteiger partial charge is 0.496 e. The maximum Gasteiger partial charge on any atom is 0.252 e. The van der Waals surface area contributed by atoms with Crippen molar-refractivity contribution in [2.24, 2.45) is 0 Å². The van der Waals surface area contributed by atoms with Crippen molar-refractivity contribution >= 4 is 10.9 Å². The van der Waals surface area contributed by atoms with Gasteiger partial charge in [0.05, 0.1) is 25.8 Å². The van der Waals surface area contributed by atoms with E-state index in [1.165, 1.54) is 5.56 Å². The first-order chi connectivity index (χ1) is 19.0. The van der Waals surface area contributed by atoms with Gasteiger partial charge in [-0.2, -0.15) is 0 Å². The Morgan fingerprint density at radius 2 is 1.95 bits per heavy atom. The van der Waals surface area contributed by atoms with Crippen molar-refractivity contribution in [3.63, 3.8) is 0 Å². The molecule has 2 aromatic carbocycles. The van der Waals surface area contributed by atoms with Gasteiger partial charge in [-0.15, -0.1) is 5.10 Å². The van der Waals surface area contributed by atoms with Crippen LogP contribution in [0.15, 0.2) is 47.3 Å². The van der Waals surface area contributed by atoms with E-state index in [1.54, 1.807) is 7.11 Å². The first-order valence-corrected chi connectivity index (χ1v) is 13.8. The number of para-hydroxylation sites is 1. The number of tetrazole rings is 1. The summed E-state index contributed by atoms with van der Waals surface area (Å²) in [6.07, 6.45) is 3.96. The Morgan fingerprint density at radius 3 is 2.72 bits per heavy atom. The molecule has 5 rings (SSSR count). The fourth-order valence-corrected chi connectivity index (χ4v) is 5.50. The van der Waals surface area contributed by atoms with Crippen molar-refractivity contribution in [2.75, 3.05) is 13.7 Å². The van der Waals surface area contributed by atoms with Crippen LogP contribution in [0.2, 0.25) is 0 Å². The second kappa shape index (κ2) is 12.1. The van der Waals surface area contributed by atoms with E-state index in [2.05, 4.69) is 58.3 Å². The number of hydrogen-bond donors (Lipinski definition) is 1. The highest BCUT2D eigenvalue weighted by Crippen LogP contribution is 2.31. The minimum absolute atomic E-state index is 0.0787. The lowest BCUT2D eigenvalue weighted by atomic mass is 10.0. The molecule has 0 spiro atoms. The van der Waals surface area contributed by atoms with Crippen LogP contribution >= 0.6 is 0 Å². The lowest BCUT2D eigenvalue weighted by Crippen LogP contribution is -2.33. The second-order valence-electron chi connectivity index (χ2n) is 10.5. The van der Waals surface area contributed by atoms with Crippen LogP contribution in [0.1, 0.15) is 66.7 Å². The molecule has 1 N–H and O–H groups in total. The highest BCUT2D eigenvalue weighted by atomic mass is 16.5. The molecular weight excluding hydrogens is 492 g/mol. The van der Waals surface area contributed by atoms with Crippen LogP contribution in [0.3, 0.4) is 0 Å². The number of aromatic nitrogens is 5. The minimum atomic E-state index is -0.105. The number of aromatic amines is 1. The topological polar surface area (TPSA) is 98.2 Å². The molecule has 1 aliphatic heterocycles. The zero-order valence-electron chi connectivity index (χ0n) is 23.3. The molecule has 1 saturated heterocycles. The Balaban J connectivity index is 1.55. The molecule has 0 bridgehead atoms. The number of ether oxygens (including phenoxy) is 2. The number of pyridine rings is 1. The quantitative estimate of drug-likeness (QED) is 0.296. The number of benzene rings is 2. The first-order valence-electron chi connectivity index (χ1n) is 13.8. The summed E-state index contributed by atoms with van der Waals surface area (Å²) in [5, 5.41) is 13.9. The maximum absolute atomic E-state index is 13.3. The molecule has 0 radical (unpaired) electrons. The van der Waals surface area contributed by atoms with Crippen LogP contribution < -0.4 is 10.3 Å². The van der Waals surface area contributed by atoms with E-state index in [-0.39, 0.29) is 17.7 Å². The van der Waals surface area contributed by atoms with Gasteiger partial charge in [0.15, 0.2) is 5.82 Å². The fraction of sp³-hybridized carbons (Fsp3) is 0.467. The number of rotatable bonds is 11. The molecule has 39 heavy (non-hydrogen) atoms. The van der Waals surface area contributed by atoms with Gasteiger partial charge in [-0.1, -0.05) is 31.5 Å². The van der Waals surface area contributed by atoms with Gasteiger partial charge >= 0.3 is 0 Å². The Labute approximate surface area is 229 Å². The molecule has 1 aliphatic rings. The number of methoxy groups -OCH3 is 1. The molecule has 0 unspecified atom stereocenters. The zero-order chi connectivity index (χ0) is 27.4. The van der Waals surface area contributed by atoms with Crippen molar-refractivity contribution in [1.82, 2.24) is 30.1 Å². The molecule has 1 fully saturated rings. The molecule has 2 atom stereocenters. The third-order valence-electron chi connectivity index (χ3n) is 7.74. The summed E-state index contributed by atoms with van der Waals surface area (Å²) in [6.45, 7) is 8.74. The molecule has 9 heteroatoms. The fourth-order valence-electron chi connectivity index (χ4n) is 5.50. The molecule has 3 heterocycles. The van der Waals surface area contributed by atoms with Crippen molar-refractivity contribution in [2.45, 2.75) is 78.2 Å². The van der Waals surface area contributed by atoms with Crippen LogP contribution in [-0.2, 0) is 24.4 Å². The number of nitrogens with one attached hydrogen (secondary N) is 1. The van der Waals surface area contributed by atoms with Crippen LogP contribution in [-0.4, -0.2) is 49.9 Å². The van der Waals surface area contributed by atoms with Crippen LogP contribution in [0.4, 0.5) is 0 Å². The van der Waals surface area contributed by atoms with Crippen LogP contribution in [0.25, 0.3) is 10.9 Å². The lowest BCUT2D eigenvalue weighted by molar-refractivity contribution is 0.0884. The van der Waals surface area contributed by atoms with Crippen molar-refractivity contribution in [1.29, 1.82) is 0 Å². The molecule has 9 nitrogen and oxygen atoms in total. The number of H-pyrrole nitrogens is 1. The van der Waals surface area contributed by atoms with E-state index in [0.29, 0.717) is 25.2 Å². The summed E-state index contributed by atoms with van der Waals surface area (Å²) in [5.41, 5.74) is 4.88. The number of aryl methyl sites for hydroxylation is 2. The summed E-state index contributed by atoms with van der Waals surface area (Å²) < 4.78 is 13.5.